The first-order valence-electron chi connectivity index (χ1n) is 8.27. The van der Waals surface area contributed by atoms with Gasteiger partial charge in [-0.1, -0.05) is 19.1 Å². The fourth-order valence-electron chi connectivity index (χ4n) is 3.15. The largest absolute Gasteiger partial charge is 0.478 e. The van der Waals surface area contributed by atoms with Gasteiger partial charge in [-0.05, 0) is 57.0 Å². The Morgan fingerprint density at radius 2 is 2.00 bits per heavy atom. The highest BCUT2D eigenvalue weighted by Gasteiger charge is 2.36. The molecule has 0 aliphatic carbocycles. The number of rotatable bonds is 6. The number of piperidine rings is 1. The first-order valence-corrected chi connectivity index (χ1v) is 8.27. The van der Waals surface area contributed by atoms with Gasteiger partial charge in [-0.2, -0.15) is 0 Å². The van der Waals surface area contributed by atoms with Gasteiger partial charge in [0.2, 0.25) is 5.91 Å². The minimum atomic E-state index is -0.921. The summed E-state index contributed by atoms with van der Waals surface area (Å²) in [5.41, 5.74) is 1.01. The van der Waals surface area contributed by atoms with Crippen molar-refractivity contribution in [2.45, 2.75) is 33.1 Å². The lowest BCUT2D eigenvalue weighted by Gasteiger charge is -2.38. The van der Waals surface area contributed by atoms with E-state index in [1.54, 1.807) is 24.3 Å². The Labute approximate surface area is 137 Å². The summed E-state index contributed by atoms with van der Waals surface area (Å²) >= 11 is 0. The molecule has 0 spiro atoms. The highest BCUT2D eigenvalue weighted by atomic mass is 16.4. The zero-order valence-corrected chi connectivity index (χ0v) is 14.0. The number of hydrogen-bond donors (Lipinski definition) is 2. The van der Waals surface area contributed by atoms with Gasteiger partial charge in [-0.15, -0.1) is 0 Å². The topological polar surface area (TPSA) is 69.6 Å². The van der Waals surface area contributed by atoms with Gasteiger partial charge in [0.05, 0.1) is 11.0 Å². The van der Waals surface area contributed by atoms with E-state index in [1.165, 1.54) is 0 Å². The minimum absolute atomic E-state index is 0.123. The van der Waals surface area contributed by atoms with Gasteiger partial charge in [0.1, 0.15) is 0 Å². The molecule has 0 saturated carbocycles. The second-order valence-electron chi connectivity index (χ2n) is 6.54. The van der Waals surface area contributed by atoms with E-state index in [9.17, 15) is 9.59 Å². The van der Waals surface area contributed by atoms with Gasteiger partial charge >= 0.3 is 5.97 Å². The summed E-state index contributed by atoms with van der Waals surface area (Å²) in [7, 11) is 0. The molecule has 2 N–H and O–H groups in total. The summed E-state index contributed by atoms with van der Waals surface area (Å²) in [5.74, 6) is -0.798. The van der Waals surface area contributed by atoms with E-state index in [2.05, 4.69) is 17.1 Å². The Morgan fingerprint density at radius 1 is 1.30 bits per heavy atom. The monoisotopic (exact) mass is 318 g/mol. The summed E-state index contributed by atoms with van der Waals surface area (Å²) in [4.78, 5) is 25.6. The number of hydrogen-bond acceptors (Lipinski definition) is 3. The number of carbonyl (C=O) groups is 2. The lowest BCUT2D eigenvalue weighted by Crippen LogP contribution is -2.50. The zero-order valence-electron chi connectivity index (χ0n) is 14.0. The summed E-state index contributed by atoms with van der Waals surface area (Å²) in [6, 6.07) is 6.80. The number of carbonyl (C=O) groups excluding carboxylic acids is 1. The van der Waals surface area contributed by atoms with Gasteiger partial charge in [0.25, 0.3) is 0 Å². The minimum Gasteiger partial charge on any atom is -0.478 e. The Kier molecular flexibility index (Phi) is 5.77. The third-order valence-corrected chi connectivity index (χ3v) is 4.67. The molecule has 5 heteroatoms. The van der Waals surface area contributed by atoms with E-state index in [4.69, 9.17) is 5.11 Å². The van der Waals surface area contributed by atoms with Crippen LogP contribution in [0.3, 0.4) is 0 Å². The fourth-order valence-corrected chi connectivity index (χ4v) is 3.15. The SMILES string of the molecule is CCN1CCC[C@@](C)(C(=O)NCCc2ccc(C(=O)O)cc2)C1. The van der Waals surface area contributed by atoms with Crippen LogP contribution in [0.4, 0.5) is 0 Å². The summed E-state index contributed by atoms with van der Waals surface area (Å²) in [6.45, 7) is 7.64. The molecule has 1 amide bonds. The molecule has 1 aliphatic rings. The van der Waals surface area contributed by atoms with Crippen LogP contribution in [0.2, 0.25) is 0 Å². The Balaban J connectivity index is 1.83. The molecule has 1 aromatic rings. The average molecular weight is 318 g/mol. The molecule has 1 heterocycles. The maximum atomic E-state index is 12.5. The van der Waals surface area contributed by atoms with Gasteiger partial charge in [-0.3, -0.25) is 4.79 Å². The molecule has 0 radical (unpaired) electrons. The van der Waals surface area contributed by atoms with Crippen LogP contribution in [-0.2, 0) is 11.2 Å². The van der Waals surface area contributed by atoms with Crippen molar-refractivity contribution < 1.29 is 14.7 Å². The van der Waals surface area contributed by atoms with Crippen molar-refractivity contribution in [3.63, 3.8) is 0 Å². The number of benzene rings is 1. The van der Waals surface area contributed by atoms with Crippen LogP contribution in [-0.4, -0.2) is 48.1 Å². The van der Waals surface area contributed by atoms with E-state index in [0.29, 0.717) is 13.0 Å². The molecule has 1 fully saturated rings. The highest BCUT2D eigenvalue weighted by molar-refractivity contribution is 5.87. The molecule has 126 valence electrons. The highest BCUT2D eigenvalue weighted by Crippen LogP contribution is 2.29. The zero-order chi connectivity index (χ0) is 16.9. The molecular formula is C18H26N2O3. The van der Waals surface area contributed by atoms with E-state index in [1.807, 2.05) is 6.92 Å². The van der Waals surface area contributed by atoms with Crippen molar-refractivity contribution >= 4 is 11.9 Å². The van der Waals surface area contributed by atoms with Crippen LogP contribution in [0, 0.1) is 5.41 Å². The second-order valence-corrected chi connectivity index (χ2v) is 6.54. The van der Waals surface area contributed by atoms with Crippen LogP contribution in [0.15, 0.2) is 24.3 Å². The third kappa shape index (κ3) is 4.55. The summed E-state index contributed by atoms with van der Waals surface area (Å²) in [6.07, 6.45) is 2.70. The van der Waals surface area contributed by atoms with Gasteiger partial charge in [0, 0.05) is 13.1 Å². The van der Waals surface area contributed by atoms with Crippen molar-refractivity contribution in [1.29, 1.82) is 0 Å². The number of carboxylic acids is 1. The lowest BCUT2D eigenvalue weighted by atomic mass is 9.81. The van der Waals surface area contributed by atoms with Gasteiger partial charge in [-0.25, -0.2) is 4.79 Å². The van der Waals surface area contributed by atoms with Crippen molar-refractivity contribution in [1.82, 2.24) is 10.2 Å². The summed E-state index contributed by atoms with van der Waals surface area (Å²) in [5, 5.41) is 11.9. The number of likely N-dealkylation sites (tertiary alicyclic amines) is 1. The quantitative estimate of drug-likeness (QED) is 0.843. The van der Waals surface area contributed by atoms with Crippen LogP contribution in [0.1, 0.15) is 42.6 Å². The van der Waals surface area contributed by atoms with Crippen molar-refractivity contribution in [2.75, 3.05) is 26.2 Å². The van der Waals surface area contributed by atoms with E-state index in [0.717, 1.165) is 38.0 Å². The molecule has 1 saturated heterocycles. The molecule has 0 bridgehead atoms. The van der Waals surface area contributed by atoms with Crippen LogP contribution < -0.4 is 5.32 Å². The summed E-state index contributed by atoms with van der Waals surface area (Å²) < 4.78 is 0. The number of amides is 1. The number of aromatic carboxylic acids is 1. The van der Waals surface area contributed by atoms with Crippen molar-refractivity contribution in [3.05, 3.63) is 35.4 Å². The number of carboxylic acid groups (broad SMARTS) is 1. The normalized spacial score (nSPS) is 21.8. The van der Waals surface area contributed by atoms with Gasteiger partial charge in [0.15, 0.2) is 0 Å². The number of nitrogens with zero attached hydrogens (tertiary/aromatic N) is 1. The fraction of sp³-hybridized carbons (Fsp3) is 0.556. The Bertz CT molecular complexity index is 556. The van der Waals surface area contributed by atoms with E-state index in [-0.39, 0.29) is 16.9 Å². The smallest absolute Gasteiger partial charge is 0.335 e. The molecule has 2 rings (SSSR count). The van der Waals surface area contributed by atoms with Crippen molar-refractivity contribution in [3.8, 4) is 0 Å². The van der Waals surface area contributed by atoms with Crippen LogP contribution in [0.5, 0.6) is 0 Å². The molecule has 1 atom stereocenters. The second kappa shape index (κ2) is 7.59. The maximum Gasteiger partial charge on any atom is 0.335 e. The molecule has 0 unspecified atom stereocenters. The van der Waals surface area contributed by atoms with Crippen molar-refractivity contribution in [2.24, 2.45) is 5.41 Å². The maximum absolute atomic E-state index is 12.5. The molecule has 0 aromatic heterocycles. The molecule has 23 heavy (non-hydrogen) atoms. The van der Waals surface area contributed by atoms with E-state index < -0.39 is 5.97 Å². The molecule has 5 nitrogen and oxygen atoms in total. The van der Waals surface area contributed by atoms with E-state index >= 15 is 0 Å². The first-order chi connectivity index (χ1) is 10.9. The van der Waals surface area contributed by atoms with Gasteiger partial charge < -0.3 is 15.3 Å². The number of nitrogens with one attached hydrogen (secondary N) is 1. The lowest BCUT2D eigenvalue weighted by molar-refractivity contribution is -0.133. The average Bonchev–Trinajstić information content (AvgIpc) is 2.55. The standard InChI is InChI=1S/C18H26N2O3/c1-3-20-12-4-10-18(2,13-20)17(23)19-11-9-14-5-7-15(8-6-14)16(21)22/h5-8H,3-4,9-13H2,1-2H3,(H,19,23)(H,21,22)/t18-/m1/s1. The first kappa shape index (κ1) is 17.5. The predicted octanol–water partition coefficient (Wildman–Crippen LogP) is 2.17. The van der Waals surface area contributed by atoms with Crippen LogP contribution in [0.25, 0.3) is 0 Å². The Hall–Kier alpha value is -1.88. The van der Waals surface area contributed by atoms with Crippen LogP contribution >= 0.6 is 0 Å². The molecule has 1 aromatic carbocycles. The molecule has 1 aliphatic heterocycles. The molecular weight excluding hydrogens is 292 g/mol. The Morgan fingerprint density at radius 3 is 2.61 bits per heavy atom. The predicted molar refractivity (Wildman–Crippen MR) is 89.6 cm³/mol. The third-order valence-electron chi connectivity index (χ3n) is 4.67.